The Morgan fingerprint density at radius 2 is 2.14 bits per heavy atom. The summed E-state index contributed by atoms with van der Waals surface area (Å²) < 4.78 is 0. The molecule has 0 saturated carbocycles. The molecule has 1 heterocycles. The second-order valence-electron chi connectivity index (χ2n) is 4.14. The third-order valence-corrected chi connectivity index (χ3v) is 3.09. The molecule has 0 atom stereocenters. The van der Waals surface area contributed by atoms with Gasteiger partial charge in [-0.05, 0) is 18.2 Å². The normalized spacial score (nSPS) is 10.2. The maximum absolute atomic E-state index is 12.4. The van der Waals surface area contributed by atoms with E-state index in [1.165, 1.54) is 36.3 Å². The van der Waals surface area contributed by atoms with E-state index in [0.29, 0.717) is 5.69 Å². The summed E-state index contributed by atoms with van der Waals surface area (Å²) in [5.74, 6) is -0.647. The lowest BCUT2D eigenvalue weighted by Gasteiger charge is -2.17. The summed E-state index contributed by atoms with van der Waals surface area (Å²) in [5, 5.41) is 20.1. The number of aromatic hydroxyl groups is 1. The van der Waals surface area contributed by atoms with Crippen molar-refractivity contribution in [2.75, 3.05) is 11.9 Å². The number of carbonyl (C=O) groups is 1. The predicted octanol–water partition coefficient (Wildman–Crippen LogP) is 2.63. The molecule has 8 heteroatoms. The minimum Gasteiger partial charge on any atom is -0.508 e. The average Bonchev–Trinajstić information content (AvgIpc) is 2.45. The summed E-state index contributed by atoms with van der Waals surface area (Å²) in [6.07, 6.45) is 1.22. The number of halogens is 1. The second kappa shape index (κ2) is 5.76. The van der Waals surface area contributed by atoms with Gasteiger partial charge in [0, 0.05) is 25.0 Å². The number of aromatic nitrogens is 1. The quantitative estimate of drug-likeness (QED) is 0.534. The Bertz CT molecular complexity index is 720. The Kier molecular flexibility index (Phi) is 4.04. The molecule has 0 fully saturated rings. The monoisotopic (exact) mass is 307 g/mol. The molecule has 0 unspecified atom stereocenters. The summed E-state index contributed by atoms with van der Waals surface area (Å²) in [5.41, 5.74) is -0.329. The van der Waals surface area contributed by atoms with Crippen molar-refractivity contribution in [3.63, 3.8) is 0 Å². The summed E-state index contributed by atoms with van der Waals surface area (Å²) in [6.45, 7) is 0. The molecule has 0 bridgehead atoms. The van der Waals surface area contributed by atoms with Crippen molar-refractivity contribution in [1.29, 1.82) is 0 Å². The zero-order valence-electron chi connectivity index (χ0n) is 10.9. The van der Waals surface area contributed by atoms with Crippen LogP contribution in [-0.2, 0) is 0 Å². The molecule has 0 aliphatic carbocycles. The summed E-state index contributed by atoms with van der Waals surface area (Å²) in [4.78, 5) is 27.4. The lowest BCUT2D eigenvalue weighted by Crippen LogP contribution is -2.27. The zero-order chi connectivity index (χ0) is 15.6. The third kappa shape index (κ3) is 2.92. The molecule has 0 radical (unpaired) electrons. The minimum atomic E-state index is -0.751. The minimum absolute atomic E-state index is 0.0191. The van der Waals surface area contributed by atoms with Crippen LogP contribution in [0, 0.1) is 10.1 Å². The highest BCUT2D eigenvalue weighted by molar-refractivity contribution is 6.32. The fourth-order valence-electron chi connectivity index (χ4n) is 1.77. The highest BCUT2D eigenvalue weighted by Gasteiger charge is 2.27. The van der Waals surface area contributed by atoms with Gasteiger partial charge in [0.05, 0.1) is 4.92 Å². The lowest BCUT2D eigenvalue weighted by atomic mass is 10.2. The molecule has 1 aromatic carbocycles. The number of benzene rings is 1. The average molecular weight is 308 g/mol. The van der Waals surface area contributed by atoms with Crippen molar-refractivity contribution < 1.29 is 14.8 Å². The SMILES string of the molecule is CN(C(=O)c1ccnc(Cl)c1[N+](=O)[O-])c1cccc(O)c1. The van der Waals surface area contributed by atoms with Gasteiger partial charge in [0.25, 0.3) is 5.91 Å². The Morgan fingerprint density at radius 3 is 2.76 bits per heavy atom. The third-order valence-electron chi connectivity index (χ3n) is 2.81. The van der Waals surface area contributed by atoms with Crippen molar-refractivity contribution in [2.24, 2.45) is 0 Å². The van der Waals surface area contributed by atoms with E-state index in [1.54, 1.807) is 12.1 Å². The van der Waals surface area contributed by atoms with Gasteiger partial charge in [0.1, 0.15) is 11.3 Å². The van der Waals surface area contributed by atoms with Gasteiger partial charge in [0.2, 0.25) is 5.15 Å². The van der Waals surface area contributed by atoms with Crippen LogP contribution in [0.5, 0.6) is 5.75 Å². The first kappa shape index (κ1) is 14.7. The first-order chi connectivity index (χ1) is 9.91. The first-order valence-electron chi connectivity index (χ1n) is 5.78. The molecule has 21 heavy (non-hydrogen) atoms. The zero-order valence-corrected chi connectivity index (χ0v) is 11.6. The maximum Gasteiger partial charge on any atom is 0.319 e. The molecule has 108 valence electrons. The van der Waals surface area contributed by atoms with Crippen molar-refractivity contribution in [1.82, 2.24) is 4.98 Å². The molecule has 7 nitrogen and oxygen atoms in total. The number of phenolic OH excluding ortho intramolecular Hbond substituents is 1. The number of hydrogen-bond acceptors (Lipinski definition) is 5. The molecule has 0 saturated heterocycles. The molecule has 0 aliphatic rings. The number of anilines is 1. The molecule has 0 aliphatic heterocycles. The van der Waals surface area contributed by atoms with Crippen LogP contribution in [0.3, 0.4) is 0 Å². The maximum atomic E-state index is 12.4. The van der Waals surface area contributed by atoms with Gasteiger partial charge < -0.3 is 10.0 Å². The van der Waals surface area contributed by atoms with Gasteiger partial charge in [-0.1, -0.05) is 17.7 Å². The number of nitro groups is 1. The highest BCUT2D eigenvalue weighted by atomic mass is 35.5. The molecule has 2 aromatic rings. The number of nitrogens with zero attached hydrogens (tertiary/aromatic N) is 3. The number of amides is 1. The molecule has 0 spiro atoms. The van der Waals surface area contributed by atoms with Crippen molar-refractivity contribution in [3.05, 3.63) is 57.4 Å². The van der Waals surface area contributed by atoms with E-state index in [4.69, 9.17) is 11.6 Å². The van der Waals surface area contributed by atoms with Gasteiger partial charge in [-0.3, -0.25) is 14.9 Å². The van der Waals surface area contributed by atoms with Crippen LogP contribution in [-0.4, -0.2) is 28.0 Å². The van der Waals surface area contributed by atoms with E-state index < -0.39 is 16.5 Å². The van der Waals surface area contributed by atoms with Gasteiger partial charge in [0.15, 0.2) is 0 Å². The van der Waals surface area contributed by atoms with E-state index in [2.05, 4.69) is 4.98 Å². The molecule has 2 rings (SSSR count). The highest BCUT2D eigenvalue weighted by Crippen LogP contribution is 2.28. The first-order valence-corrected chi connectivity index (χ1v) is 6.15. The number of pyridine rings is 1. The van der Waals surface area contributed by atoms with Crippen LogP contribution in [0.1, 0.15) is 10.4 Å². The lowest BCUT2D eigenvalue weighted by molar-refractivity contribution is -0.385. The second-order valence-corrected chi connectivity index (χ2v) is 4.50. The Morgan fingerprint density at radius 1 is 1.43 bits per heavy atom. The topological polar surface area (TPSA) is 96.6 Å². The smallest absolute Gasteiger partial charge is 0.319 e. The van der Waals surface area contributed by atoms with Crippen molar-refractivity contribution in [3.8, 4) is 5.75 Å². The summed E-state index contributed by atoms with van der Waals surface area (Å²) in [7, 11) is 1.44. The van der Waals surface area contributed by atoms with E-state index in [9.17, 15) is 20.0 Å². The Hall–Kier alpha value is -2.67. The van der Waals surface area contributed by atoms with Gasteiger partial charge in [-0.2, -0.15) is 0 Å². The van der Waals surface area contributed by atoms with Gasteiger partial charge in [-0.25, -0.2) is 4.98 Å². The fraction of sp³-hybridized carbons (Fsp3) is 0.0769. The van der Waals surface area contributed by atoms with E-state index in [0.717, 1.165) is 0 Å². The van der Waals surface area contributed by atoms with Crippen LogP contribution in [0.25, 0.3) is 0 Å². The van der Waals surface area contributed by atoms with Crippen LogP contribution in [0.15, 0.2) is 36.5 Å². The van der Waals surface area contributed by atoms with E-state index >= 15 is 0 Å². The Balaban J connectivity index is 2.45. The van der Waals surface area contributed by atoms with Crippen LogP contribution >= 0.6 is 11.6 Å². The van der Waals surface area contributed by atoms with E-state index in [1.807, 2.05) is 0 Å². The number of phenols is 1. The van der Waals surface area contributed by atoms with E-state index in [-0.39, 0.29) is 16.5 Å². The largest absolute Gasteiger partial charge is 0.508 e. The molecular weight excluding hydrogens is 298 g/mol. The molecule has 1 N–H and O–H groups in total. The number of hydrogen-bond donors (Lipinski definition) is 1. The predicted molar refractivity (Wildman–Crippen MR) is 76.7 cm³/mol. The summed E-state index contributed by atoms with van der Waals surface area (Å²) in [6, 6.07) is 7.19. The number of rotatable bonds is 3. The molecule has 1 amide bonds. The molecule has 1 aromatic heterocycles. The van der Waals surface area contributed by atoms with Crippen LogP contribution in [0.2, 0.25) is 5.15 Å². The van der Waals surface area contributed by atoms with Gasteiger partial charge in [-0.15, -0.1) is 0 Å². The van der Waals surface area contributed by atoms with Crippen molar-refractivity contribution >= 4 is 28.9 Å². The standard InChI is InChI=1S/C13H10ClN3O4/c1-16(8-3-2-4-9(18)7-8)13(19)10-5-6-15-12(14)11(10)17(20)21/h2-7,18H,1H3. The molecular formula is C13H10ClN3O4. The fourth-order valence-corrected chi connectivity index (χ4v) is 2.00. The Labute approximate surface area is 124 Å². The van der Waals surface area contributed by atoms with Gasteiger partial charge >= 0.3 is 5.69 Å². The van der Waals surface area contributed by atoms with Crippen molar-refractivity contribution in [2.45, 2.75) is 0 Å². The number of carbonyl (C=O) groups excluding carboxylic acids is 1. The summed E-state index contributed by atoms with van der Waals surface area (Å²) >= 11 is 5.68. The van der Waals surface area contributed by atoms with Crippen LogP contribution < -0.4 is 4.90 Å². The van der Waals surface area contributed by atoms with Crippen LogP contribution in [0.4, 0.5) is 11.4 Å².